The highest BCUT2D eigenvalue weighted by Gasteiger charge is 2.30. The Bertz CT molecular complexity index is 594. The van der Waals surface area contributed by atoms with Crippen LogP contribution < -0.4 is 0 Å². The zero-order chi connectivity index (χ0) is 13.9. The van der Waals surface area contributed by atoms with Crippen LogP contribution in [0.1, 0.15) is 11.3 Å². The molecule has 0 fully saturated rings. The van der Waals surface area contributed by atoms with E-state index in [-0.39, 0.29) is 0 Å². The minimum Gasteiger partial charge on any atom is -0.361 e. The average Bonchev–Trinajstić information content (AvgIpc) is 2.83. The van der Waals surface area contributed by atoms with E-state index in [1.165, 1.54) is 18.2 Å². The number of alkyl halides is 3. The summed E-state index contributed by atoms with van der Waals surface area (Å²) in [7, 11) is 0. The first kappa shape index (κ1) is 13.1. The second-order valence-electron chi connectivity index (χ2n) is 3.88. The number of carbonyl (C=O) groups is 1. The summed E-state index contributed by atoms with van der Waals surface area (Å²) in [5.74, 6) is 0. The maximum atomic E-state index is 12.5. The maximum Gasteiger partial charge on any atom is 0.416 e. The molecule has 19 heavy (non-hydrogen) atoms. The Balaban J connectivity index is 2.35. The van der Waals surface area contributed by atoms with E-state index in [2.05, 4.69) is 4.98 Å². The van der Waals surface area contributed by atoms with Crippen LogP contribution in [0.25, 0.3) is 17.2 Å². The predicted octanol–water partition coefficient (Wildman–Crippen LogP) is 3.91. The minimum absolute atomic E-state index is 0.636. The summed E-state index contributed by atoms with van der Waals surface area (Å²) in [5.41, 5.74) is 1.38. The van der Waals surface area contributed by atoms with Gasteiger partial charge in [-0.05, 0) is 35.9 Å². The lowest BCUT2D eigenvalue weighted by molar-refractivity contribution is -0.137. The van der Waals surface area contributed by atoms with Crippen molar-refractivity contribution in [2.75, 3.05) is 0 Å². The fourth-order valence-electron chi connectivity index (χ4n) is 1.75. The lowest BCUT2D eigenvalue weighted by Gasteiger charge is -2.07. The van der Waals surface area contributed by atoms with Crippen molar-refractivity contribution < 1.29 is 18.0 Å². The van der Waals surface area contributed by atoms with Crippen molar-refractivity contribution in [1.29, 1.82) is 0 Å². The molecule has 0 aliphatic rings. The number of allylic oxidation sites excluding steroid dienone is 1. The van der Waals surface area contributed by atoms with Crippen molar-refractivity contribution in [2.24, 2.45) is 0 Å². The second-order valence-corrected chi connectivity index (χ2v) is 3.88. The molecule has 0 spiro atoms. The molecule has 0 aliphatic carbocycles. The number of halogens is 3. The standard InChI is InChI=1S/C14H10F3NO/c15-14(16,17)11-5-3-10(4-6-11)12-7-8-18-13(12)2-1-9-19/h1-9,18H. The number of nitrogens with one attached hydrogen (secondary N) is 1. The summed E-state index contributed by atoms with van der Waals surface area (Å²) < 4.78 is 37.4. The zero-order valence-electron chi connectivity index (χ0n) is 9.74. The van der Waals surface area contributed by atoms with E-state index in [1.54, 1.807) is 18.3 Å². The first-order valence-corrected chi connectivity index (χ1v) is 5.49. The molecule has 0 saturated heterocycles. The first-order valence-electron chi connectivity index (χ1n) is 5.49. The summed E-state index contributed by atoms with van der Waals surface area (Å²) in [6.07, 6.45) is 0.852. The van der Waals surface area contributed by atoms with Crippen LogP contribution in [0.2, 0.25) is 0 Å². The fourth-order valence-corrected chi connectivity index (χ4v) is 1.75. The summed E-state index contributed by atoms with van der Waals surface area (Å²) in [4.78, 5) is 13.2. The highest BCUT2D eigenvalue weighted by Crippen LogP contribution is 2.31. The highest BCUT2D eigenvalue weighted by atomic mass is 19.4. The van der Waals surface area contributed by atoms with Crippen molar-refractivity contribution in [2.45, 2.75) is 6.18 Å². The van der Waals surface area contributed by atoms with E-state index in [1.807, 2.05) is 0 Å². The van der Waals surface area contributed by atoms with Gasteiger partial charge >= 0.3 is 6.18 Å². The van der Waals surface area contributed by atoms with Gasteiger partial charge in [0.15, 0.2) is 0 Å². The van der Waals surface area contributed by atoms with Gasteiger partial charge in [0.2, 0.25) is 0 Å². The Morgan fingerprint density at radius 1 is 1.05 bits per heavy atom. The molecule has 0 unspecified atom stereocenters. The molecule has 98 valence electrons. The predicted molar refractivity (Wildman–Crippen MR) is 66.3 cm³/mol. The molecule has 2 rings (SSSR count). The summed E-state index contributed by atoms with van der Waals surface area (Å²) in [5, 5.41) is 0. The van der Waals surface area contributed by atoms with E-state index in [0.29, 0.717) is 17.5 Å². The number of benzene rings is 1. The molecular weight excluding hydrogens is 255 g/mol. The van der Waals surface area contributed by atoms with Gasteiger partial charge in [-0.2, -0.15) is 13.2 Å². The number of aromatic nitrogens is 1. The Hall–Kier alpha value is -2.30. The Labute approximate surface area is 107 Å². The Morgan fingerprint density at radius 2 is 1.74 bits per heavy atom. The van der Waals surface area contributed by atoms with E-state index < -0.39 is 11.7 Å². The van der Waals surface area contributed by atoms with Gasteiger partial charge in [-0.25, -0.2) is 0 Å². The van der Waals surface area contributed by atoms with Crippen molar-refractivity contribution in [1.82, 2.24) is 4.98 Å². The molecular formula is C14H10F3NO. The van der Waals surface area contributed by atoms with Gasteiger partial charge in [0.05, 0.1) is 5.56 Å². The van der Waals surface area contributed by atoms with E-state index in [0.717, 1.165) is 17.7 Å². The highest BCUT2D eigenvalue weighted by molar-refractivity contribution is 5.79. The molecule has 0 radical (unpaired) electrons. The number of hydrogen-bond donors (Lipinski definition) is 1. The smallest absolute Gasteiger partial charge is 0.361 e. The molecule has 1 heterocycles. The molecule has 0 amide bonds. The summed E-state index contributed by atoms with van der Waals surface area (Å²) in [6.45, 7) is 0. The molecule has 0 bridgehead atoms. The quantitative estimate of drug-likeness (QED) is 0.662. The average molecular weight is 265 g/mol. The van der Waals surface area contributed by atoms with Crippen molar-refractivity contribution >= 4 is 12.4 Å². The molecule has 0 aliphatic heterocycles. The van der Waals surface area contributed by atoms with Crippen LogP contribution in [-0.4, -0.2) is 11.3 Å². The monoisotopic (exact) mass is 265 g/mol. The van der Waals surface area contributed by atoms with Crippen LogP contribution in [-0.2, 0) is 11.0 Å². The van der Waals surface area contributed by atoms with Gasteiger partial charge in [0.25, 0.3) is 0 Å². The molecule has 2 aromatic rings. The molecule has 5 heteroatoms. The Kier molecular flexibility index (Phi) is 3.55. The van der Waals surface area contributed by atoms with Crippen molar-refractivity contribution in [3.63, 3.8) is 0 Å². The van der Waals surface area contributed by atoms with Crippen LogP contribution in [0.5, 0.6) is 0 Å². The minimum atomic E-state index is -4.34. The largest absolute Gasteiger partial charge is 0.416 e. The lowest BCUT2D eigenvalue weighted by Crippen LogP contribution is -2.03. The van der Waals surface area contributed by atoms with E-state index >= 15 is 0 Å². The van der Waals surface area contributed by atoms with Crippen molar-refractivity contribution in [3.8, 4) is 11.1 Å². The van der Waals surface area contributed by atoms with Crippen LogP contribution >= 0.6 is 0 Å². The molecule has 1 aromatic carbocycles. The number of H-pyrrole nitrogens is 1. The number of aromatic amines is 1. The van der Waals surface area contributed by atoms with Crippen LogP contribution in [0.3, 0.4) is 0 Å². The van der Waals surface area contributed by atoms with Crippen LogP contribution in [0.15, 0.2) is 42.6 Å². The normalized spacial score (nSPS) is 11.9. The molecule has 1 N–H and O–H groups in total. The second kappa shape index (κ2) is 5.14. The molecule has 0 atom stereocenters. The number of rotatable bonds is 3. The van der Waals surface area contributed by atoms with E-state index in [9.17, 15) is 18.0 Å². The van der Waals surface area contributed by atoms with Gasteiger partial charge in [0.1, 0.15) is 6.29 Å². The van der Waals surface area contributed by atoms with Gasteiger partial charge in [-0.1, -0.05) is 12.1 Å². The molecule has 0 saturated carbocycles. The van der Waals surface area contributed by atoms with Gasteiger partial charge in [-0.3, -0.25) is 4.79 Å². The third-order valence-electron chi connectivity index (χ3n) is 2.64. The third kappa shape index (κ3) is 2.93. The van der Waals surface area contributed by atoms with Gasteiger partial charge in [-0.15, -0.1) is 0 Å². The number of carbonyl (C=O) groups excluding carboxylic acids is 1. The Morgan fingerprint density at radius 3 is 2.32 bits per heavy atom. The maximum absolute atomic E-state index is 12.5. The fraction of sp³-hybridized carbons (Fsp3) is 0.0714. The third-order valence-corrected chi connectivity index (χ3v) is 2.64. The molecule has 2 nitrogen and oxygen atoms in total. The molecule has 1 aromatic heterocycles. The van der Waals surface area contributed by atoms with Crippen molar-refractivity contribution in [3.05, 3.63) is 53.9 Å². The van der Waals surface area contributed by atoms with Crippen LogP contribution in [0.4, 0.5) is 13.2 Å². The lowest BCUT2D eigenvalue weighted by atomic mass is 10.0. The summed E-state index contributed by atoms with van der Waals surface area (Å²) >= 11 is 0. The topological polar surface area (TPSA) is 32.9 Å². The van der Waals surface area contributed by atoms with Gasteiger partial charge in [0, 0.05) is 17.5 Å². The zero-order valence-corrected chi connectivity index (χ0v) is 9.74. The summed E-state index contributed by atoms with van der Waals surface area (Å²) in [6, 6.07) is 6.63. The first-order chi connectivity index (χ1) is 9.02. The number of aldehydes is 1. The van der Waals surface area contributed by atoms with E-state index in [4.69, 9.17) is 0 Å². The number of hydrogen-bond acceptors (Lipinski definition) is 1. The SMILES string of the molecule is O=CC=Cc1[nH]ccc1-c1ccc(C(F)(F)F)cc1. The van der Waals surface area contributed by atoms with Gasteiger partial charge < -0.3 is 4.98 Å². The van der Waals surface area contributed by atoms with Crippen LogP contribution in [0, 0.1) is 0 Å².